The minimum Gasteiger partial charge on any atom is -0.493 e. The fraction of sp³-hybridized carbons (Fsp3) is 0.118. The molecule has 0 atom stereocenters. The average Bonchev–Trinajstić information content (AvgIpc) is 2.90. The summed E-state index contributed by atoms with van der Waals surface area (Å²) in [5.74, 6) is 0.844. The molecule has 0 bridgehead atoms. The number of nitro benzene ring substituents is 1. The number of hydrogen-bond acceptors (Lipinski definition) is 6. The van der Waals surface area contributed by atoms with E-state index in [0.717, 1.165) is 5.56 Å². The van der Waals surface area contributed by atoms with E-state index in [1.54, 1.807) is 24.3 Å². The first kappa shape index (κ1) is 15.5. The van der Waals surface area contributed by atoms with Crippen LogP contribution in [0.25, 0.3) is 11.8 Å². The van der Waals surface area contributed by atoms with Crippen molar-refractivity contribution in [2.75, 3.05) is 14.2 Å². The van der Waals surface area contributed by atoms with Crippen LogP contribution in [0.2, 0.25) is 0 Å². The molecule has 1 aliphatic heterocycles. The van der Waals surface area contributed by atoms with E-state index in [1.165, 1.54) is 32.4 Å². The predicted octanol–water partition coefficient (Wildman–Crippen LogP) is 3.28. The van der Waals surface area contributed by atoms with Gasteiger partial charge in [0.25, 0.3) is 5.69 Å². The molecular formula is C17H13NO6. The Morgan fingerprint density at radius 3 is 2.46 bits per heavy atom. The fourth-order valence-electron chi connectivity index (χ4n) is 2.44. The van der Waals surface area contributed by atoms with Crippen LogP contribution in [0, 0.1) is 10.1 Å². The molecule has 0 unspecified atom stereocenters. The summed E-state index contributed by atoms with van der Waals surface area (Å²) in [5, 5.41) is 10.8. The first-order valence-electron chi connectivity index (χ1n) is 6.98. The van der Waals surface area contributed by atoms with Crippen LogP contribution in [-0.4, -0.2) is 25.1 Å². The Balaban J connectivity index is 2.02. The Morgan fingerprint density at radius 2 is 1.79 bits per heavy atom. The van der Waals surface area contributed by atoms with Crippen molar-refractivity contribution >= 4 is 23.5 Å². The molecule has 0 N–H and O–H groups in total. The van der Waals surface area contributed by atoms with Crippen LogP contribution in [0.4, 0.5) is 5.69 Å². The number of methoxy groups -OCH3 is 2. The number of carbonyl (C=O) groups excluding carboxylic acids is 1. The van der Waals surface area contributed by atoms with E-state index in [0.29, 0.717) is 22.8 Å². The topological polar surface area (TPSA) is 87.9 Å². The van der Waals surface area contributed by atoms with Crippen LogP contribution in [0.3, 0.4) is 0 Å². The molecule has 7 heteroatoms. The highest BCUT2D eigenvalue weighted by Gasteiger charge is 2.28. The van der Waals surface area contributed by atoms with Crippen molar-refractivity contribution in [3.05, 3.63) is 63.2 Å². The number of cyclic esters (lactones) is 1. The number of nitrogens with zero attached hydrogens (tertiary/aromatic N) is 1. The lowest BCUT2D eigenvalue weighted by atomic mass is 10.1. The SMILES string of the molecule is COc1ccc(/C=C2\OC(=O)c3cc([N+](=O)[O-])ccc32)cc1OC. The molecule has 0 amide bonds. The molecule has 0 radical (unpaired) electrons. The number of fused-ring (bicyclic) bond motifs is 1. The average molecular weight is 327 g/mol. The van der Waals surface area contributed by atoms with E-state index in [4.69, 9.17) is 14.2 Å². The number of hydrogen-bond donors (Lipinski definition) is 0. The second kappa shape index (κ2) is 6.04. The normalized spacial score (nSPS) is 14.2. The van der Waals surface area contributed by atoms with Gasteiger partial charge < -0.3 is 14.2 Å². The molecule has 1 heterocycles. The number of esters is 1. The number of benzene rings is 2. The van der Waals surface area contributed by atoms with E-state index >= 15 is 0 Å². The molecule has 2 aromatic rings. The van der Waals surface area contributed by atoms with Gasteiger partial charge in [0.05, 0.1) is 24.7 Å². The zero-order valence-electron chi connectivity index (χ0n) is 12.9. The number of carbonyl (C=O) groups is 1. The third-order valence-corrected chi connectivity index (χ3v) is 3.61. The zero-order chi connectivity index (χ0) is 17.3. The first-order chi connectivity index (χ1) is 11.5. The van der Waals surface area contributed by atoms with Crippen LogP contribution in [-0.2, 0) is 4.74 Å². The van der Waals surface area contributed by atoms with E-state index in [2.05, 4.69) is 0 Å². The molecule has 7 nitrogen and oxygen atoms in total. The van der Waals surface area contributed by atoms with Crippen molar-refractivity contribution < 1.29 is 23.9 Å². The summed E-state index contributed by atoms with van der Waals surface area (Å²) >= 11 is 0. The Labute approximate surface area is 137 Å². The summed E-state index contributed by atoms with van der Waals surface area (Å²) in [7, 11) is 3.07. The van der Waals surface area contributed by atoms with Gasteiger partial charge in [-0.15, -0.1) is 0 Å². The van der Waals surface area contributed by atoms with Crippen LogP contribution < -0.4 is 9.47 Å². The maximum atomic E-state index is 11.9. The third-order valence-electron chi connectivity index (χ3n) is 3.61. The number of rotatable bonds is 4. The molecule has 0 fully saturated rings. The summed E-state index contributed by atoms with van der Waals surface area (Å²) in [4.78, 5) is 22.2. The van der Waals surface area contributed by atoms with Crippen molar-refractivity contribution in [1.82, 2.24) is 0 Å². The van der Waals surface area contributed by atoms with Crippen molar-refractivity contribution in [3.8, 4) is 11.5 Å². The van der Waals surface area contributed by atoms with E-state index < -0.39 is 10.9 Å². The summed E-state index contributed by atoms with van der Waals surface area (Å²) in [5.41, 5.74) is 1.27. The lowest BCUT2D eigenvalue weighted by Crippen LogP contribution is -1.95. The van der Waals surface area contributed by atoms with Gasteiger partial charge in [-0.25, -0.2) is 4.79 Å². The highest BCUT2D eigenvalue weighted by molar-refractivity contribution is 6.06. The maximum Gasteiger partial charge on any atom is 0.344 e. The van der Waals surface area contributed by atoms with Crippen molar-refractivity contribution in [2.45, 2.75) is 0 Å². The minimum atomic E-state index is -0.611. The Hall–Kier alpha value is -3.35. The molecule has 122 valence electrons. The minimum absolute atomic E-state index is 0.155. The highest BCUT2D eigenvalue weighted by Crippen LogP contribution is 2.35. The lowest BCUT2D eigenvalue weighted by molar-refractivity contribution is -0.384. The monoisotopic (exact) mass is 327 g/mol. The molecule has 3 rings (SSSR count). The number of nitro groups is 1. The molecule has 2 aromatic carbocycles. The number of non-ortho nitro benzene ring substituents is 1. The van der Waals surface area contributed by atoms with Gasteiger partial charge in [0.2, 0.25) is 0 Å². The van der Waals surface area contributed by atoms with Crippen LogP contribution in [0.15, 0.2) is 36.4 Å². The molecule has 24 heavy (non-hydrogen) atoms. The Bertz CT molecular complexity index is 871. The summed E-state index contributed by atoms with van der Waals surface area (Å²) in [6, 6.07) is 9.31. The summed E-state index contributed by atoms with van der Waals surface area (Å²) in [6.07, 6.45) is 1.66. The van der Waals surface area contributed by atoms with Crippen molar-refractivity contribution in [2.24, 2.45) is 0 Å². The fourth-order valence-corrected chi connectivity index (χ4v) is 2.44. The molecule has 0 saturated heterocycles. The smallest absolute Gasteiger partial charge is 0.344 e. The van der Waals surface area contributed by atoms with Crippen molar-refractivity contribution in [3.63, 3.8) is 0 Å². The molecule has 0 saturated carbocycles. The molecule has 1 aliphatic rings. The van der Waals surface area contributed by atoms with Crippen molar-refractivity contribution in [1.29, 1.82) is 0 Å². The summed E-state index contributed by atoms with van der Waals surface area (Å²) in [6.45, 7) is 0. The Kier molecular flexibility index (Phi) is 3.91. The standard InChI is InChI=1S/C17H13NO6/c1-22-14-6-3-10(8-16(14)23-2)7-15-12-5-4-11(18(20)21)9-13(12)17(19)24-15/h3-9H,1-2H3/b15-7-. The quantitative estimate of drug-likeness (QED) is 0.486. The molecule has 0 aliphatic carbocycles. The van der Waals surface area contributed by atoms with Gasteiger partial charge in [-0.2, -0.15) is 0 Å². The van der Waals surface area contributed by atoms with Gasteiger partial charge in [0, 0.05) is 17.7 Å². The first-order valence-corrected chi connectivity index (χ1v) is 6.98. The van der Waals surface area contributed by atoms with E-state index in [9.17, 15) is 14.9 Å². The second-order valence-electron chi connectivity index (χ2n) is 5.00. The van der Waals surface area contributed by atoms with E-state index in [-0.39, 0.29) is 11.3 Å². The Morgan fingerprint density at radius 1 is 1.04 bits per heavy atom. The maximum absolute atomic E-state index is 11.9. The second-order valence-corrected chi connectivity index (χ2v) is 5.00. The van der Waals surface area contributed by atoms with Gasteiger partial charge >= 0.3 is 5.97 Å². The van der Waals surface area contributed by atoms with Crippen LogP contribution in [0.5, 0.6) is 11.5 Å². The van der Waals surface area contributed by atoms with Crippen LogP contribution in [0.1, 0.15) is 21.5 Å². The summed E-state index contributed by atoms with van der Waals surface area (Å²) < 4.78 is 15.6. The van der Waals surface area contributed by atoms with Gasteiger partial charge in [0.1, 0.15) is 5.76 Å². The van der Waals surface area contributed by atoms with Crippen LogP contribution >= 0.6 is 0 Å². The third kappa shape index (κ3) is 2.67. The largest absolute Gasteiger partial charge is 0.493 e. The predicted molar refractivity (Wildman–Crippen MR) is 85.9 cm³/mol. The zero-order valence-corrected chi connectivity index (χ0v) is 12.9. The van der Waals surface area contributed by atoms with Gasteiger partial charge in [-0.1, -0.05) is 6.07 Å². The molecule has 0 spiro atoms. The van der Waals surface area contributed by atoms with Gasteiger partial charge in [-0.3, -0.25) is 10.1 Å². The van der Waals surface area contributed by atoms with E-state index in [1.807, 2.05) is 0 Å². The highest BCUT2D eigenvalue weighted by atomic mass is 16.6. The molecule has 0 aromatic heterocycles. The van der Waals surface area contributed by atoms with Gasteiger partial charge in [0.15, 0.2) is 11.5 Å². The lowest BCUT2D eigenvalue weighted by Gasteiger charge is -2.08. The van der Waals surface area contributed by atoms with Gasteiger partial charge in [-0.05, 0) is 29.8 Å². The molecular weight excluding hydrogens is 314 g/mol. The number of ether oxygens (including phenoxy) is 3.